The molecule has 0 unspecified atom stereocenters. The lowest BCUT2D eigenvalue weighted by Crippen LogP contribution is -2.33. The van der Waals surface area contributed by atoms with Crippen molar-refractivity contribution in [3.8, 4) is 0 Å². The molecule has 92 valence electrons. The summed E-state index contributed by atoms with van der Waals surface area (Å²) in [4.78, 5) is 26.9. The third-order valence-corrected chi connectivity index (χ3v) is 2.28. The lowest BCUT2D eigenvalue weighted by atomic mass is 10.1. The van der Waals surface area contributed by atoms with E-state index in [4.69, 9.17) is 5.26 Å². The molecule has 0 bridgehead atoms. The molecule has 1 rings (SSSR count). The molecule has 1 aromatic carbocycles. The van der Waals surface area contributed by atoms with Gasteiger partial charge in [-0.3, -0.25) is 9.59 Å². The summed E-state index contributed by atoms with van der Waals surface area (Å²) in [5, 5.41) is 9.52. The van der Waals surface area contributed by atoms with Crippen molar-refractivity contribution in [2.24, 2.45) is 0 Å². The maximum atomic E-state index is 11.7. The van der Waals surface area contributed by atoms with Gasteiger partial charge in [-0.05, 0) is 0 Å². The summed E-state index contributed by atoms with van der Waals surface area (Å²) in [6.07, 6.45) is 0.333. The predicted molar refractivity (Wildman–Crippen MR) is 61.4 cm³/mol. The van der Waals surface area contributed by atoms with Crippen LogP contribution in [-0.2, 0) is 9.78 Å². The van der Waals surface area contributed by atoms with Crippen molar-refractivity contribution >= 4 is 11.6 Å². The first-order chi connectivity index (χ1) is 8.17. The number of rotatable bonds is 7. The Kier molecular flexibility index (Phi) is 5.48. The molecule has 0 spiro atoms. The van der Waals surface area contributed by atoms with Crippen LogP contribution in [0.5, 0.6) is 0 Å². The summed E-state index contributed by atoms with van der Waals surface area (Å²) in [5.74, 6) is -0.330. The van der Waals surface area contributed by atoms with Gasteiger partial charge in [0, 0.05) is 12.0 Å². The number of hydroxylamine groups is 2. The molecule has 5 heteroatoms. The van der Waals surface area contributed by atoms with Gasteiger partial charge in [0.1, 0.15) is 5.78 Å². The van der Waals surface area contributed by atoms with Crippen molar-refractivity contribution in [3.63, 3.8) is 0 Å². The fourth-order valence-electron chi connectivity index (χ4n) is 1.30. The van der Waals surface area contributed by atoms with Crippen LogP contribution in [0.25, 0.3) is 0 Å². The number of Topliss-reactive ketones (excluding diaryl/α,β-unsaturated/α-hetero) is 2. The Morgan fingerprint density at radius 3 is 2.41 bits per heavy atom. The summed E-state index contributed by atoms with van der Waals surface area (Å²) < 4.78 is 0. The van der Waals surface area contributed by atoms with E-state index in [2.05, 4.69) is 4.99 Å². The topological polar surface area (TPSA) is 66.8 Å². The van der Waals surface area contributed by atoms with Crippen LogP contribution in [0.3, 0.4) is 0 Å². The van der Waals surface area contributed by atoms with Crippen LogP contribution in [0.4, 0.5) is 0 Å². The van der Waals surface area contributed by atoms with E-state index in [0.29, 0.717) is 12.0 Å². The molecule has 0 heterocycles. The van der Waals surface area contributed by atoms with E-state index in [1.165, 1.54) is 0 Å². The third kappa shape index (κ3) is 4.44. The zero-order valence-corrected chi connectivity index (χ0v) is 9.63. The number of benzene rings is 1. The number of hydrogen-bond donors (Lipinski definition) is 1. The summed E-state index contributed by atoms with van der Waals surface area (Å²) >= 11 is 0. The molecule has 1 N–H and O–H groups in total. The highest BCUT2D eigenvalue weighted by molar-refractivity contribution is 5.97. The second-order valence-electron chi connectivity index (χ2n) is 3.56. The lowest BCUT2D eigenvalue weighted by Gasteiger charge is -2.15. The fraction of sp³-hybridized carbons (Fsp3) is 0.333. The van der Waals surface area contributed by atoms with Gasteiger partial charge < -0.3 is 0 Å². The SMILES string of the molecule is CCC(=O)CN(CC(=O)c1ccccc1)OO. The molecule has 0 aliphatic rings. The average molecular weight is 237 g/mol. The molecule has 0 atom stereocenters. The highest BCUT2D eigenvalue weighted by atomic mass is 17.2. The summed E-state index contributed by atoms with van der Waals surface area (Å²) in [5.41, 5.74) is 0.512. The molecule has 0 saturated carbocycles. The van der Waals surface area contributed by atoms with Crippen molar-refractivity contribution in [2.45, 2.75) is 13.3 Å². The highest BCUT2D eigenvalue weighted by Gasteiger charge is 2.15. The minimum absolute atomic E-state index is 0.106. The molecular formula is C12H15NO4. The first kappa shape index (κ1) is 13.5. The van der Waals surface area contributed by atoms with Crippen molar-refractivity contribution in [3.05, 3.63) is 35.9 Å². The van der Waals surface area contributed by atoms with Crippen molar-refractivity contribution in [1.82, 2.24) is 5.06 Å². The van der Waals surface area contributed by atoms with Gasteiger partial charge in [-0.2, -0.15) is 0 Å². The Morgan fingerprint density at radius 1 is 1.24 bits per heavy atom. The van der Waals surface area contributed by atoms with Crippen LogP contribution < -0.4 is 0 Å². The molecule has 1 aromatic rings. The van der Waals surface area contributed by atoms with E-state index in [1.807, 2.05) is 0 Å². The number of carbonyl (C=O) groups excluding carboxylic acids is 2. The van der Waals surface area contributed by atoms with Gasteiger partial charge >= 0.3 is 0 Å². The molecule has 5 nitrogen and oxygen atoms in total. The summed E-state index contributed by atoms with van der Waals surface area (Å²) in [7, 11) is 0. The Balaban J connectivity index is 2.57. The van der Waals surface area contributed by atoms with Crippen LogP contribution in [0.15, 0.2) is 30.3 Å². The molecule has 0 fully saturated rings. The standard InChI is InChI=1S/C12H15NO4/c1-2-11(14)8-13(17-16)9-12(15)10-6-4-3-5-7-10/h3-7,16H,2,8-9H2,1H3. The summed E-state index contributed by atoms with van der Waals surface area (Å²) in [6.45, 7) is 1.44. The normalized spacial score (nSPS) is 10.5. The number of ketones is 2. The molecule has 17 heavy (non-hydrogen) atoms. The van der Waals surface area contributed by atoms with Crippen LogP contribution >= 0.6 is 0 Å². The minimum Gasteiger partial charge on any atom is -0.298 e. The second-order valence-corrected chi connectivity index (χ2v) is 3.56. The quantitative estimate of drug-likeness (QED) is 0.443. The Morgan fingerprint density at radius 2 is 1.88 bits per heavy atom. The molecular weight excluding hydrogens is 222 g/mol. The monoisotopic (exact) mass is 237 g/mol. The van der Waals surface area contributed by atoms with Gasteiger partial charge in [-0.25, -0.2) is 5.26 Å². The van der Waals surface area contributed by atoms with Crippen LogP contribution in [-0.4, -0.2) is 35.0 Å². The molecule has 0 radical (unpaired) electrons. The van der Waals surface area contributed by atoms with Gasteiger partial charge in [-0.1, -0.05) is 37.3 Å². The van der Waals surface area contributed by atoms with Crippen molar-refractivity contribution < 1.29 is 19.8 Å². The van der Waals surface area contributed by atoms with E-state index in [1.54, 1.807) is 37.3 Å². The molecule has 0 saturated heterocycles. The van der Waals surface area contributed by atoms with Crippen molar-refractivity contribution in [1.29, 1.82) is 0 Å². The zero-order valence-electron chi connectivity index (χ0n) is 9.63. The number of nitrogens with zero attached hydrogens (tertiary/aromatic N) is 1. The van der Waals surface area contributed by atoms with Crippen LogP contribution in [0, 0.1) is 0 Å². The maximum Gasteiger partial charge on any atom is 0.179 e. The van der Waals surface area contributed by atoms with E-state index >= 15 is 0 Å². The largest absolute Gasteiger partial charge is 0.298 e. The Bertz CT molecular complexity index is 377. The first-order valence-corrected chi connectivity index (χ1v) is 5.33. The number of carbonyl (C=O) groups is 2. The molecule has 0 aromatic heterocycles. The lowest BCUT2D eigenvalue weighted by molar-refractivity contribution is -0.389. The third-order valence-electron chi connectivity index (χ3n) is 2.28. The Labute approximate surface area is 99.5 Å². The Hall–Kier alpha value is -1.56. The molecule has 0 amide bonds. The molecule has 0 aliphatic carbocycles. The van der Waals surface area contributed by atoms with Gasteiger partial charge in [-0.15, -0.1) is 10.1 Å². The van der Waals surface area contributed by atoms with Crippen LogP contribution in [0.2, 0.25) is 0 Å². The van der Waals surface area contributed by atoms with E-state index in [0.717, 1.165) is 5.06 Å². The van der Waals surface area contributed by atoms with Crippen LogP contribution in [0.1, 0.15) is 23.7 Å². The van der Waals surface area contributed by atoms with Gasteiger partial charge in [0.25, 0.3) is 0 Å². The highest BCUT2D eigenvalue weighted by Crippen LogP contribution is 2.02. The van der Waals surface area contributed by atoms with Gasteiger partial charge in [0.05, 0.1) is 13.1 Å². The second kappa shape index (κ2) is 6.90. The van der Waals surface area contributed by atoms with Gasteiger partial charge in [0.15, 0.2) is 5.78 Å². The fourth-order valence-corrected chi connectivity index (χ4v) is 1.30. The van der Waals surface area contributed by atoms with Crippen molar-refractivity contribution in [2.75, 3.05) is 13.1 Å². The predicted octanol–water partition coefficient (Wildman–Crippen LogP) is 1.56. The number of hydrogen-bond acceptors (Lipinski definition) is 5. The van der Waals surface area contributed by atoms with E-state index < -0.39 is 0 Å². The van der Waals surface area contributed by atoms with Gasteiger partial charge in [0.2, 0.25) is 0 Å². The molecule has 0 aliphatic heterocycles. The average Bonchev–Trinajstić information content (AvgIpc) is 2.38. The zero-order chi connectivity index (χ0) is 12.7. The summed E-state index contributed by atoms with van der Waals surface area (Å²) in [6, 6.07) is 8.62. The van der Waals surface area contributed by atoms with E-state index in [9.17, 15) is 9.59 Å². The first-order valence-electron chi connectivity index (χ1n) is 5.33. The minimum atomic E-state index is -0.219. The maximum absolute atomic E-state index is 11.7. The smallest absolute Gasteiger partial charge is 0.179 e. The van der Waals surface area contributed by atoms with E-state index in [-0.39, 0.29) is 24.7 Å².